The molecule has 150 valence electrons. The Kier molecular flexibility index (Phi) is 5.98. The van der Waals surface area contributed by atoms with Crippen molar-refractivity contribution in [1.82, 2.24) is 4.90 Å². The molecular formula is C18H26N2O6S. The highest BCUT2D eigenvalue weighted by molar-refractivity contribution is 7.89. The van der Waals surface area contributed by atoms with Gasteiger partial charge in [-0.25, -0.2) is 13.6 Å². The molecule has 2 rings (SSSR count). The number of carbonyl (C=O) groups excluding carboxylic acids is 1. The Labute approximate surface area is 159 Å². The second-order valence-electron chi connectivity index (χ2n) is 7.20. The van der Waals surface area contributed by atoms with Crippen LogP contribution in [0.3, 0.4) is 0 Å². The third-order valence-electron chi connectivity index (χ3n) is 5.37. The number of hydrogen-bond acceptors (Lipinski definition) is 5. The van der Waals surface area contributed by atoms with Gasteiger partial charge in [-0.3, -0.25) is 9.59 Å². The summed E-state index contributed by atoms with van der Waals surface area (Å²) in [5.74, 6) is -1.61. The van der Waals surface area contributed by atoms with Gasteiger partial charge in [0.1, 0.15) is 5.41 Å². The van der Waals surface area contributed by atoms with Crippen LogP contribution >= 0.6 is 0 Å². The van der Waals surface area contributed by atoms with Crippen molar-refractivity contribution in [3.8, 4) is 0 Å². The molecule has 1 heterocycles. The predicted octanol–water partition coefficient (Wildman–Crippen LogP) is 1.03. The van der Waals surface area contributed by atoms with Gasteiger partial charge in [-0.15, -0.1) is 0 Å². The van der Waals surface area contributed by atoms with Crippen molar-refractivity contribution in [2.24, 2.45) is 10.6 Å². The number of nitrogens with zero attached hydrogens (tertiary/aromatic N) is 1. The first-order valence-corrected chi connectivity index (χ1v) is 10.3. The number of aryl methyl sites for hydroxylation is 1. The van der Waals surface area contributed by atoms with E-state index in [4.69, 9.17) is 5.14 Å². The summed E-state index contributed by atoms with van der Waals surface area (Å²) in [7, 11) is -4.00. The maximum atomic E-state index is 13.0. The molecule has 0 unspecified atom stereocenters. The van der Waals surface area contributed by atoms with Gasteiger partial charge >= 0.3 is 5.97 Å². The van der Waals surface area contributed by atoms with E-state index in [0.717, 1.165) is 0 Å². The zero-order valence-electron chi connectivity index (χ0n) is 15.7. The van der Waals surface area contributed by atoms with Gasteiger partial charge < -0.3 is 15.1 Å². The van der Waals surface area contributed by atoms with Crippen molar-refractivity contribution in [1.29, 1.82) is 0 Å². The largest absolute Gasteiger partial charge is 0.481 e. The number of carboxylic acid groups (broad SMARTS) is 1. The van der Waals surface area contributed by atoms with Crippen LogP contribution in [-0.4, -0.2) is 54.6 Å². The van der Waals surface area contributed by atoms with E-state index in [1.54, 1.807) is 19.9 Å². The number of nitrogens with two attached hydrogens (primary N) is 1. The molecule has 1 aliphatic rings. The van der Waals surface area contributed by atoms with Crippen LogP contribution in [0.4, 0.5) is 0 Å². The summed E-state index contributed by atoms with van der Waals surface area (Å²) >= 11 is 0. The molecule has 1 aromatic rings. The normalized spacial score (nSPS) is 23.3. The first kappa shape index (κ1) is 21.3. The van der Waals surface area contributed by atoms with Crippen LogP contribution < -0.4 is 5.14 Å². The van der Waals surface area contributed by atoms with E-state index in [1.807, 2.05) is 6.92 Å². The van der Waals surface area contributed by atoms with Gasteiger partial charge in [0.2, 0.25) is 10.0 Å². The lowest BCUT2D eigenvalue weighted by Crippen LogP contribution is -2.57. The molecule has 0 saturated carbocycles. The number of carboxylic acids is 1. The van der Waals surface area contributed by atoms with E-state index in [-0.39, 0.29) is 36.4 Å². The van der Waals surface area contributed by atoms with E-state index in [1.165, 1.54) is 11.0 Å². The molecule has 8 nitrogen and oxygen atoms in total. The van der Waals surface area contributed by atoms with Crippen LogP contribution in [0.25, 0.3) is 0 Å². The minimum absolute atomic E-state index is 0.124. The average molecular weight is 398 g/mol. The Morgan fingerprint density at radius 3 is 2.48 bits per heavy atom. The molecule has 1 fully saturated rings. The molecule has 2 atom stereocenters. The Bertz CT molecular complexity index is 867. The number of aliphatic carboxylic acids is 1. The highest BCUT2D eigenvalue weighted by atomic mass is 32.2. The van der Waals surface area contributed by atoms with Crippen molar-refractivity contribution in [3.63, 3.8) is 0 Å². The summed E-state index contributed by atoms with van der Waals surface area (Å²) < 4.78 is 23.6. The van der Waals surface area contributed by atoms with E-state index < -0.39 is 33.4 Å². The molecule has 1 saturated heterocycles. The summed E-state index contributed by atoms with van der Waals surface area (Å²) in [5, 5.41) is 25.3. The molecule has 1 aromatic carbocycles. The number of carbonyl (C=O) groups is 2. The molecule has 0 radical (unpaired) electrons. The number of sulfonamides is 1. The SMILES string of the molecule is CCC[C@@]1(C(=O)O)CN(C(=O)c2cc(C)c(C)c(S(N)(=O)=O)c2)CC[C@H]1O. The number of likely N-dealkylation sites (tertiary alicyclic amines) is 1. The fourth-order valence-corrected chi connectivity index (χ4v) is 4.57. The second-order valence-corrected chi connectivity index (χ2v) is 8.73. The first-order chi connectivity index (χ1) is 12.4. The summed E-state index contributed by atoms with van der Waals surface area (Å²) in [4.78, 5) is 26.1. The third kappa shape index (κ3) is 3.99. The van der Waals surface area contributed by atoms with Crippen molar-refractivity contribution >= 4 is 21.9 Å². The van der Waals surface area contributed by atoms with Gasteiger partial charge in [0.25, 0.3) is 5.91 Å². The number of primary sulfonamides is 1. The summed E-state index contributed by atoms with van der Waals surface area (Å²) in [6.45, 7) is 5.17. The fourth-order valence-electron chi connectivity index (χ4n) is 3.69. The summed E-state index contributed by atoms with van der Waals surface area (Å²) in [6, 6.07) is 2.80. The monoisotopic (exact) mass is 398 g/mol. The lowest BCUT2D eigenvalue weighted by atomic mass is 9.74. The van der Waals surface area contributed by atoms with Crippen molar-refractivity contribution in [2.75, 3.05) is 13.1 Å². The molecule has 1 amide bonds. The maximum Gasteiger partial charge on any atom is 0.314 e. The van der Waals surface area contributed by atoms with Crippen LogP contribution in [0, 0.1) is 19.3 Å². The van der Waals surface area contributed by atoms with Crippen molar-refractivity contribution in [2.45, 2.75) is 51.0 Å². The van der Waals surface area contributed by atoms with E-state index in [2.05, 4.69) is 0 Å². The molecule has 0 aliphatic carbocycles. The average Bonchev–Trinajstić information content (AvgIpc) is 2.57. The third-order valence-corrected chi connectivity index (χ3v) is 6.40. The highest BCUT2D eigenvalue weighted by Crippen LogP contribution is 2.36. The first-order valence-electron chi connectivity index (χ1n) is 8.79. The lowest BCUT2D eigenvalue weighted by Gasteiger charge is -2.43. The number of piperidine rings is 1. The van der Waals surface area contributed by atoms with Crippen LogP contribution in [0.15, 0.2) is 17.0 Å². The Morgan fingerprint density at radius 2 is 1.96 bits per heavy atom. The summed E-state index contributed by atoms with van der Waals surface area (Å²) in [5.41, 5.74) is -0.228. The quantitative estimate of drug-likeness (QED) is 0.677. The zero-order valence-corrected chi connectivity index (χ0v) is 16.5. The van der Waals surface area contributed by atoms with Gasteiger partial charge in [-0.1, -0.05) is 13.3 Å². The van der Waals surface area contributed by atoms with E-state index >= 15 is 0 Å². The molecule has 4 N–H and O–H groups in total. The lowest BCUT2D eigenvalue weighted by molar-refractivity contribution is -0.162. The topological polar surface area (TPSA) is 138 Å². The number of amides is 1. The zero-order chi connectivity index (χ0) is 20.6. The van der Waals surface area contributed by atoms with Gasteiger partial charge in [0, 0.05) is 18.7 Å². The van der Waals surface area contributed by atoms with E-state index in [9.17, 15) is 28.2 Å². The summed E-state index contributed by atoms with van der Waals surface area (Å²) in [6.07, 6.45) is -0.114. The van der Waals surface area contributed by atoms with Gasteiger partial charge in [-0.2, -0.15) is 0 Å². The predicted molar refractivity (Wildman–Crippen MR) is 98.8 cm³/mol. The minimum atomic E-state index is -4.00. The van der Waals surface area contributed by atoms with Crippen molar-refractivity contribution in [3.05, 3.63) is 28.8 Å². The van der Waals surface area contributed by atoms with Crippen LogP contribution in [0.5, 0.6) is 0 Å². The number of aliphatic hydroxyl groups is 1. The highest BCUT2D eigenvalue weighted by Gasteiger charge is 2.49. The Hall–Kier alpha value is -1.97. The molecule has 27 heavy (non-hydrogen) atoms. The number of rotatable bonds is 5. The molecule has 0 aromatic heterocycles. The minimum Gasteiger partial charge on any atom is -0.481 e. The van der Waals surface area contributed by atoms with Crippen LogP contribution in [0.1, 0.15) is 47.7 Å². The second kappa shape index (κ2) is 7.57. The van der Waals surface area contributed by atoms with Gasteiger partial charge in [-0.05, 0) is 49.9 Å². The standard InChI is InChI=1S/C18H26N2O6S/c1-4-6-18(17(23)24)10-20(7-5-15(18)21)16(22)13-8-11(2)12(3)14(9-13)27(19,25)26/h8-9,15,21H,4-7,10H2,1-3H3,(H,23,24)(H2,19,25,26)/t15-,18-/m1/s1. The number of hydrogen-bond donors (Lipinski definition) is 3. The number of aliphatic hydroxyl groups excluding tert-OH is 1. The Morgan fingerprint density at radius 1 is 1.33 bits per heavy atom. The number of benzene rings is 1. The van der Waals surface area contributed by atoms with E-state index in [0.29, 0.717) is 17.5 Å². The van der Waals surface area contributed by atoms with Crippen molar-refractivity contribution < 1.29 is 28.2 Å². The molecule has 0 spiro atoms. The fraction of sp³-hybridized carbons (Fsp3) is 0.556. The van der Waals surface area contributed by atoms with Crippen LogP contribution in [0.2, 0.25) is 0 Å². The van der Waals surface area contributed by atoms with Gasteiger partial charge in [0.05, 0.1) is 11.0 Å². The molecule has 1 aliphatic heterocycles. The maximum absolute atomic E-state index is 13.0. The molecular weight excluding hydrogens is 372 g/mol. The Balaban J connectivity index is 2.44. The smallest absolute Gasteiger partial charge is 0.314 e. The van der Waals surface area contributed by atoms with Crippen LogP contribution in [-0.2, 0) is 14.8 Å². The van der Waals surface area contributed by atoms with Gasteiger partial charge in [0.15, 0.2) is 0 Å². The molecule has 9 heteroatoms. The molecule has 0 bridgehead atoms.